The maximum Gasteiger partial charge on any atom is 0.264 e. The van der Waals surface area contributed by atoms with Gasteiger partial charge in [-0.25, -0.2) is 0 Å². The summed E-state index contributed by atoms with van der Waals surface area (Å²) in [7, 11) is -7.39. The van der Waals surface area contributed by atoms with Crippen LogP contribution in [0.15, 0.2) is 0 Å². The van der Waals surface area contributed by atoms with Gasteiger partial charge >= 0.3 is 0 Å². The average Bonchev–Trinajstić information content (AvgIpc) is 3.09. The van der Waals surface area contributed by atoms with Crippen molar-refractivity contribution in [2.75, 3.05) is 32.5 Å². The van der Waals surface area contributed by atoms with Gasteiger partial charge in [-0.2, -0.15) is 16.8 Å². The van der Waals surface area contributed by atoms with Gasteiger partial charge < -0.3 is 20.1 Å². The van der Waals surface area contributed by atoms with Gasteiger partial charge in [0.15, 0.2) is 12.2 Å². The van der Waals surface area contributed by atoms with Crippen LogP contribution in [0, 0.1) is 11.8 Å². The zero-order valence-electron chi connectivity index (χ0n) is 18.5. The minimum atomic E-state index is -3.70. The lowest BCUT2D eigenvalue weighted by molar-refractivity contribution is -0.138. The molecule has 0 radical (unpaired) electrons. The second-order valence-electron chi connectivity index (χ2n) is 7.99. The molecule has 0 aromatic carbocycles. The molecule has 1 aliphatic heterocycles. The first-order chi connectivity index (χ1) is 14.1. The Morgan fingerprint density at radius 1 is 0.806 bits per heavy atom. The summed E-state index contributed by atoms with van der Waals surface area (Å²) in [5, 5.41) is 5.24. The maximum absolute atomic E-state index is 12.7. The molecule has 4 atom stereocenters. The molecule has 2 N–H and O–H groups in total. The number of amides is 2. The molecule has 0 unspecified atom stereocenters. The number of ether oxygens (including phenoxy) is 2. The highest BCUT2D eigenvalue weighted by atomic mass is 32.2. The van der Waals surface area contributed by atoms with Gasteiger partial charge in [0.25, 0.3) is 32.1 Å². The Hall–Kier alpha value is -1.32. The summed E-state index contributed by atoms with van der Waals surface area (Å²) < 4.78 is 65.0. The van der Waals surface area contributed by atoms with Crippen molar-refractivity contribution in [2.45, 2.75) is 52.0 Å². The summed E-state index contributed by atoms with van der Waals surface area (Å²) >= 11 is 0. The summed E-state index contributed by atoms with van der Waals surface area (Å²) in [6, 6.07) is -1.30. The fourth-order valence-corrected chi connectivity index (χ4v) is 3.30. The molecule has 1 saturated heterocycles. The molecular weight excluding hydrogens is 456 g/mol. The number of hydrogen-bond acceptors (Lipinski definition) is 10. The van der Waals surface area contributed by atoms with Crippen molar-refractivity contribution in [3.8, 4) is 0 Å². The van der Waals surface area contributed by atoms with E-state index in [1.54, 1.807) is 27.7 Å². The zero-order chi connectivity index (χ0) is 24.0. The van der Waals surface area contributed by atoms with Crippen LogP contribution >= 0.6 is 0 Å². The number of hydrogen-bond donors (Lipinski definition) is 2. The first-order valence-electron chi connectivity index (χ1n) is 9.63. The molecule has 0 aliphatic carbocycles. The Bertz CT molecular complexity index is 758. The van der Waals surface area contributed by atoms with E-state index in [9.17, 15) is 26.4 Å². The van der Waals surface area contributed by atoms with Crippen molar-refractivity contribution in [3.63, 3.8) is 0 Å². The van der Waals surface area contributed by atoms with Crippen molar-refractivity contribution < 1.29 is 44.3 Å². The van der Waals surface area contributed by atoms with E-state index in [0.717, 1.165) is 12.5 Å². The molecule has 1 rings (SSSR count). The van der Waals surface area contributed by atoms with Gasteiger partial charge in [0.05, 0.1) is 37.8 Å². The van der Waals surface area contributed by atoms with Gasteiger partial charge in [0, 0.05) is 0 Å². The van der Waals surface area contributed by atoms with E-state index in [2.05, 4.69) is 10.6 Å². The molecule has 0 saturated carbocycles. The number of rotatable bonds is 12. The van der Waals surface area contributed by atoms with E-state index in [1.807, 2.05) is 0 Å². The van der Waals surface area contributed by atoms with Crippen molar-refractivity contribution in [1.29, 1.82) is 0 Å². The van der Waals surface area contributed by atoms with E-state index in [4.69, 9.17) is 17.8 Å². The summed E-state index contributed by atoms with van der Waals surface area (Å²) in [4.78, 5) is 25.3. The Labute approximate surface area is 183 Å². The van der Waals surface area contributed by atoms with E-state index >= 15 is 0 Å². The average molecular weight is 489 g/mol. The third kappa shape index (κ3) is 10.2. The van der Waals surface area contributed by atoms with Crippen LogP contribution < -0.4 is 10.6 Å². The van der Waals surface area contributed by atoms with Gasteiger partial charge in [0.2, 0.25) is 0 Å². The normalized spacial score (nSPS) is 21.8. The zero-order valence-corrected chi connectivity index (χ0v) is 20.1. The van der Waals surface area contributed by atoms with Crippen LogP contribution in [0.4, 0.5) is 0 Å². The van der Waals surface area contributed by atoms with E-state index in [1.165, 1.54) is 0 Å². The van der Waals surface area contributed by atoms with Gasteiger partial charge in [-0.1, -0.05) is 27.7 Å². The lowest BCUT2D eigenvalue weighted by atomic mass is 10.0. The molecule has 1 aliphatic rings. The van der Waals surface area contributed by atoms with Gasteiger partial charge in [-0.3, -0.25) is 18.0 Å². The summed E-state index contributed by atoms with van der Waals surface area (Å²) in [5.74, 6) is -1.67. The first kappa shape index (κ1) is 27.7. The molecular formula is C17H32N2O10S2. The van der Waals surface area contributed by atoms with Crippen molar-refractivity contribution >= 4 is 32.1 Å². The molecule has 0 aromatic rings. The Morgan fingerprint density at radius 2 is 1.13 bits per heavy atom. The maximum atomic E-state index is 12.7. The third-order valence-electron chi connectivity index (χ3n) is 4.48. The summed E-state index contributed by atoms with van der Waals surface area (Å²) in [6.45, 7) is 6.22. The summed E-state index contributed by atoms with van der Waals surface area (Å²) in [6.07, 6.45) is -0.746. The van der Waals surface area contributed by atoms with Crippen LogP contribution in [0.2, 0.25) is 0 Å². The Balaban J connectivity index is 2.80. The van der Waals surface area contributed by atoms with Crippen molar-refractivity contribution in [1.82, 2.24) is 10.6 Å². The van der Waals surface area contributed by atoms with Crippen LogP contribution in [0.25, 0.3) is 0 Å². The van der Waals surface area contributed by atoms with E-state index < -0.39 is 56.3 Å². The van der Waals surface area contributed by atoms with Crippen molar-refractivity contribution in [2.24, 2.45) is 11.8 Å². The quantitative estimate of drug-likeness (QED) is 0.324. The van der Waals surface area contributed by atoms with Crippen LogP contribution in [-0.4, -0.2) is 85.5 Å². The molecule has 1 fully saturated rings. The highest BCUT2D eigenvalue weighted by Crippen LogP contribution is 2.16. The molecule has 182 valence electrons. The van der Waals surface area contributed by atoms with Gasteiger partial charge in [-0.15, -0.1) is 0 Å². The van der Waals surface area contributed by atoms with Crippen LogP contribution in [-0.2, 0) is 47.7 Å². The van der Waals surface area contributed by atoms with Crippen LogP contribution in [0.3, 0.4) is 0 Å². The van der Waals surface area contributed by atoms with E-state index in [0.29, 0.717) is 0 Å². The highest BCUT2D eigenvalue weighted by molar-refractivity contribution is 7.86. The SMILES string of the molecule is CC(C)[C@@H](COS(C)(=O)=O)NC(=O)[C@@H]1OCO[C@H]1C(=O)N[C@H](COS(C)(=O)=O)C(C)C. The monoisotopic (exact) mass is 488 g/mol. The molecule has 1 heterocycles. The Kier molecular flexibility index (Phi) is 10.3. The largest absolute Gasteiger partial charge is 0.348 e. The fourth-order valence-electron chi connectivity index (χ4n) is 2.51. The minimum absolute atomic E-state index is 0.168. The molecule has 0 aromatic heterocycles. The number of carbonyl (C=O) groups is 2. The first-order valence-corrected chi connectivity index (χ1v) is 13.3. The lowest BCUT2D eigenvalue weighted by Crippen LogP contribution is -2.54. The Morgan fingerprint density at radius 3 is 1.39 bits per heavy atom. The second-order valence-corrected chi connectivity index (χ2v) is 11.3. The van der Waals surface area contributed by atoms with Crippen LogP contribution in [0.1, 0.15) is 27.7 Å². The van der Waals surface area contributed by atoms with Crippen LogP contribution in [0.5, 0.6) is 0 Å². The van der Waals surface area contributed by atoms with Gasteiger partial charge in [0.1, 0.15) is 6.79 Å². The number of nitrogens with one attached hydrogen (secondary N) is 2. The molecule has 2 amide bonds. The summed E-state index contributed by atoms with van der Waals surface area (Å²) in [5.41, 5.74) is 0. The highest BCUT2D eigenvalue weighted by Gasteiger charge is 2.42. The smallest absolute Gasteiger partial charge is 0.264 e. The molecule has 0 bridgehead atoms. The molecule has 0 spiro atoms. The molecule has 31 heavy (non-hydrogen) atoms. The predicted octanol–water partition coefficient (Wildman–Crippen LogP) is -1.04. The third-order valence-corrected chi connectivity index (χ3v) is 5.60. The van der Waals surface area contributed by atoms with Crippen molar-refractivity contribution in [3.05, 3.63) is 0 Å². The fraction of sp³-hybridized carbons (Fsp3) is 0.882. The van der Waals surface area contributed by atoms with Gasteiger partial charge in [-0.05, 0) is 11.8 Å². The topological polar surface area (TPSA) is 163 Å². The lowest BCUT2D eigenvalue weighted by Gasteiger charge is -2.26. The number of carbonyl (C=O) groups excluding carboxylic acids is 2. The minimum Gasteiger partial charge on any atom is -0.348 e. The predicted molar refractivity (Wildman–Crippen MR) is 110 cm³/mol. The van der Waals surface area contributed by atoms with E-state index in [-0.39, 0.29) is 31.8 Å². The second kappa shape index (κ2) is 11.5. The standard InChI is InChI=1S/C17H32N2O10S2/c1-10(2)12(7-28-30(5,22)23)18-16(20)14-15(27-9-26-14)17(21)19-13(11(3)4)8-29-31(6,24)25/h10-15H,7-9H2,1-6H3,(H,18,20)(H,19,21)/t12-,13-,14-,15-/m1/s1. The molecule has 14 heteroatoms. The molecule has 12 nitrogen and oxygen atoms in total.